The van der Waals surface area contributed by atoms with E-state index in [2.05, 4.69) is 96.2 Å². The summed E-state index contributed by atoms with van der Waals surface area (Å²) in [5, 5.41) is 34.5. The number of aromatic nitrogens is 6. The number of imidazole rings is 2. The molecule has 15 rings (SSSR count). The number of hydrogen-bond donors (Lipinski definition) is 5. The van der Waals surface area contributed by atoms with Crippen LogP contribution in [-0.2, 0) is 67.3 Å². The van der Waals surface area contributed by atoms with Gasteiger partial charge < -0.3 is 27.0 Å². The highest BCUT2D eigenvalue weighted by atomic mass is 79.9. The summed E-state index contributed by atoms with van der Waals surface area (Å²) in [6.45, 7) is 6.91. The monoisotopic (exact) mass is 1650 g/mol. The third-order valence-electron chi connectivity index (χ3n) is 19.9. The maximum absolute atomic E-state index is 14.4. The number of fused-ring (bicyclic) bond motifs is 2. The van der Waals surface area contributed by atoms with Gasteiger partial charge in [0.05, 0.1) is 69.5 Å². The van der Waals surface area contributed by atoms with E-state index in [0.717, 1.165) is 84.1 Å². The highest BCUT2D eigenvalue weighted by Gasteiger charge is 2.60. The van der Waals surface area contributed by atoms with Crippen LogP contribution in [0.4, 0.5) is 23.3 Å². The summed E-state index contributed by atoms with van der Waals surface area (Å²) >= 11 is 31.9. The summed E-state index contributed by atoms with van der Waals surface area (Å²) in [6, 6.07) is 35.5. The Morgan fingerprint density at radius 3 is 1.24 bits per heavy atom. The van der Waals surface area contributed by atoms with Gasteiger partial charge >= 0.3 is 0 Å². The molecule has 6 N–H and O–H groups in total. The topological polar surface area (TPSA) is 295 Å². The average molecular weight is 1650 g/mol. The number of halogens is 8. The number of nitrogens with zero attached hydrogens (tertiary/aromatic N) is 11. The number of nitrogens with one attached hydrogen (secondary N) is 4. The minimum Gasteiger partial charge on any atom is -0.343 e. The van der Waals surface area contributed by atoms with E-state index < -0.39 is 45.0 Å². The number of likely N-dealkylation sites (tertiary alicyclic amines) is 1. The predicted molar refractivity (Wildman–Crippen MR) is 409 cm³/mol. The smallest absolute Gasteiger partial charge is 0.270 e. The van der Waals surface area contributed by atoms with Crippen LogP contribution < -0.4 is 36.8 Å². The molecule has 3 aliphatic heterocycles. The van der Waals surface area contributed by atoms with Crippen molar-refractivity contribution >= 4 is 162 Å². The van der Waals surface area contributed by atoms with Gasteiger partial charge in [-0.05, 0) is 198 Å². The Bertz CT molecular complexity index is 4720. The molecule has 4 saturated carbocycles. The van der Waals surface area contributed by atoms with Crippen molar-refractivity contribution in [3.63, 3.8) is 0 Å². The number of benzene rings is 4. The molecule has 104 heavy (non-hydrogen) atoms. The quantitative estimate of drug-likeness (QED) is 0.0418. The van der Waals surface area contributed by atoms with Crippen LogP contribution in [0.3, 0.4) is 0 Å². The second-order valence-corrected chi connectivity index (χ2v) is 30.8. The predicted octanol–water partition coefficient (Wildman–Crippen LogP) is 13.0. The number of rotatable bonds is 21. The van der Waals surface area contributed by atoms with Crippen molar-refractivity contribution < 1.29 is 28.8 Å². The molecule has 4 aromatic carbocycles. The summed E-state index contributed by atoms with van der Waals surface area (Å²) in [5.41, 5.74) is 7.19. The van der Waals surface area contributed by atoms with Gasteiger partial charge in [-0.2, -0.15) is 10.5 Å². The van der Waals surface area contributed by atoms with Gasteiger partial charge in [0.15, 0.2) is 0 Å². The van der Waals surface area contributed by atoms with Crippen LogP contribution in [0.25, 0.3) is 0 Å². The Hall–Kier alpha value is -7.98. The van der Waals surface area contributed by atoms with Crippen LogP contribution in [0.1, 0.15) is 144 Å². The van der Waals surface area contributed by atoms with Crippen molar-refractivity contribution in [2.24, 2.45) is 5.73 Å². The molecule has 7 aliphatic rings. The number of anilines is 4. The Morgan fingerprint density at radius 1 is 0.529 bits per heavy atom. The zero-order valence-corrected chi connectivity index (χ0v) is 64.3. The highest BCUT2D eigenvalue weighted by Crippen LogP contribution is 2.51. The minimum atomic E-state index is -1.31. The molecule has 7 heterocycles. The summed E-state index contributed by atoms with van der Waals surface area (Å²) in [6.07, 6.45) is 14.1. The molecular formula is C74H72Br2Cl6N16O6. The third-order valence-corrected chi connectivity index (χ3v) is 21.9. The molecule has 0 bridgehead atoms. The second-order valence-electron chi connectivity index (χ2n) is 27.4. The number of carbonyl (C=O) groups excluding carboxylic acids is 6. The molecule has 0 radical (unpaired) electrons. The fourth-order valence-corrected chi connectivity index (χ4v) is 15.8. The molecule has 30 heteroatoms. The van der Waals surface area contributed by atoms with Gasteiger partial charge in [-0.1, -0.05) is 103 Å². The van der Waals surface area contributed by atoms with Crippen LogP contribution >= 0.6 is 103 Å². The van der Waals surface area contributed by atoms with Crippen molar-refractivity contribution in [1.29, 1.82) is 10.5 Å². The highest BCUT2D eigenvalue weighted by molar-refractivity contribution is 9.09. The first-order valence-electron chi connectivity index (χ1n) is 33.5. The van der Waals surface area contributed by atoms with Gasteiger partial charge in [0.25, 0.3) is 23.6 Å². The lowest BCUT2D eigenvalue weighted by Gasteiger charge is -2.31. The van der Waals surface area contributed by atoms with Crippen LogP contribution in [0, 0.1) is 22.7 Å². The molecule has 4 aromatic heterocycles. The second kappa shape index (κ2) is 30.8. The molecule has 2 atom stereocenters. The first-order chi connectivity index (χ1) is 48.9. The van der Waals surface area contributed by atoms with Gasteiger partial charge in [0, 0.05) is 69.1 Å². The fourth-order valence-electron chi connectivity index (χ4n) is 13.4. The zero-order valence-electron chi connectivity index (χ0n) is 56.5. The maximum atomic E-state index is 14.4. The lowest BCUT2D eigenvalue weighted by atomic mass is 9.91. The fraction of sp³-hybridized carbons (Fsp3) is 0.351. The van der Waals surface area contributed by atoms with Gasteiger partial charge in [0.1, 0.15) is 33.5 Å². The largest absolute Gasteiger partial charge is 0.343 e. The van der Waals surface area contributed by atoms with E-state index >= 15 is 0 Å². The van der Waals surface area contributed by atoms with Crippen molar-refractivity contribution in [2.75, 3.05) is 33.5 Å². The first-order valence-corrected chi connectivity index (χ1v) is 37.2. The minimum absolute atomic E-state index is 0. The van der Waals surface area contributed by atoms with Gasteiger partial charge in [0.2, 0.25) is 23.7 Å². The molecule has 6 amide bonds. The van der Waals surface area contributed by atoms with E-state index in [0.29, 0.717) is 74.8 Å². The van der Waals surface area contributed by atoms with E-state index in [1.807, 2.05) is 24.4 Å². The van der Waals surface area contributed by atoms with E-state index in [-0.39, 0.29) is 84.6 Å². The molecular weight excluding hydrogens is 1580 g/mol. The zero-order chi connectivity index (χ0) is 72.1. The number of hydrogen-bond acceptors (Lipinski definition) is 14. The van der Waals surface area contributed by atoms with Crippen LogP contribution in [0.5, 0.6) is 0 Å². The summed E-state index contributed by atoms with van der Waals surface area (Å²) < 4.78 is 3.23. The number of nitrogens with two attached hydrogens (primary N) is 1. The molecule has 4 aliphatic carbocycles. The third kappa shape index (κ3) is 15.4. The number of carbonyl (C=O) groups is 6. The lowest BCUT2D eigenvalue weighted by molar-refractivity contribution is -0.125. The van der Waals surface area contributed by atoms with E-state index in [9.17, 15) is 39.3 Å². The van der Waals surface area contributed by atoms with E-state index in [1.54, 1.807) is 114 Å². The summed E-state index contributed by atoms with van der Waals surface area (Å²) in [7, 11) is 0. The Morgan fingerprint density at radius 2 is 0.913 bits per heavy atom. The van der Waals surface area contributed by atoms with Crippen molar-refractivity contribution in [3.05, 3.63) is 210 Å². The lowest BCUT2D eigenvalue weighted by Crippen LogP contribution is -2.52. The molecule has 22 nitrogen and oxygen atoms in total. The molecule has 1 saturated heterocycles. The van der Waals surface area contributed by atoms with E-state index in [1.165, 1.54) is 40.6 Å². The van der Waals surface area contributed by atoms with Gasteiger partial charge in [-0.25, -0.2) is 19.8 Å². The number of nitriles is 2. The molecule has 0 spiro atoms. The Kier molecular flexibility index (Phi) is 22.9. The molecule has 540 valence electrons. The standard InChI is InChI=1S/C37H34Cl2N8O3.C34H30Cl2N8O3.C3H6Br2.2ClH/c1-35(19-23-3-5-24(20-40)6-4-23)33(50)46(28-17-26(38)16-27(39)18-28)34-42-21-29(47(34)35)31(48)43-37(10-11-37)32(49)44-36(8-9-36)30-15-25(7-12-41-30)22-45-13-2-14-45;1-32(16-20-2-4-21(17-37)5-3-20)30(47)43(25-14-23(35)13-24(36)15-25)31-40-19-26(44(31)32)28(45)41-34(9-10-34)29(46)42-33(7-8-33)27-12-22(18-38)6-11-39-27;4-2-1-3-5;;/h3-7,12,15-18,21H,2,8-11,13-14,19,22H2,1H3,(H,43,48)(H,44,49);2-6,11-15,19H,7-10,16,18,38H2,1H3,(H,41,45)(H,42,46);1-3H2;2*1H/t35-;32-;;;/m11.../s1. The first kappa shape index (κ1) is 77.1. The number of pyridine rings is 2. The van der Waals surface area contributed by atoms with Crippen LogP contribution in [0.15, 0.2) is 134 Å². The van der Waals surface area contributed by atoms with Crippen LogP contribution in [-0.4, -0.2) is 104 Å². The molecule has 0 unspecified atom stereocenters. The SMILES string of the molecule is BrCCCBr.C[C@@]1(Cc2ccc(C#N)cc2)C(=O)N(c2cc(Cl)cc(Cl)c2)c2ncc(C(=O)NC3(C(=O)NC4(c5cc(CN)ccn5)CC4)CC3)n21.C[C@@]1(Cc2ccc(C#N)cc2)C(=O)N(c2cc(Cl)cc(Cl)c2)c2ncc(C(=O)NC3(C(=O)NC4(c5cc(CN6CCC6)ccn5)CC4)CC3)n21.Cl.Cl. The average Bonchev–Trinajstić information content (AvgIpc) is 1.55. The van der Waals surface area contributed by atoms with Crippen molar-refractivity contribution in [1.82, 2.24) is 55.2 Å². The van der Waals surface area contributed by atoms with Crippen LogP contribution in [0.2, 0.25) is 20.1 Å². The number of amides is 6. The van der Waals surface area contributed by atoms with Crippen molar-refractivity contribution in [2.45, 2.75) is 137 Å². The van der Waals surface area contributed by atoms with Gasteiger partial charge in [-0.15, -0.1) is 24.8 Å². The van der Waals surface area contributed by atoms with E-state index in [4.69, 9.17) is 52.1 Å². The Labute approximate surface area is 650 Å². The Balaban J connectivity index is 0.000000192. The molecule has 5 fully saturated rings. The van der Waals surface area contributed by atoms with Gasteiger partial charge in [-0.3, -0.25) is 52.8 Å². The van der Waals surface area contributed by atoms with Crippen molar-refractivity contribution in [3.8, 4) is 12.1 Å². The number of alkyl halides is 2. The molecule has 8 aromatic rings. The normalized spacial score (nSPS) is 19.6. The summed E-state index contributed by atoms with van der Waals surface area (Å²) in [4.78, 5) is 108. The summed E-state index contributed by atoms with van der Waals surface area (Å²) in [5.74, 6) is -1.82. The maximum Gasteiger partial charge on any atom is 0.270 e.